The molecule has 4 heterocycles. The molecule has 2 aromatic heterocycles. The summed E-state index contributed by atoms with van der Waals surface area (Å²) in [5, 5.41) is 7.95. The lowest BCUT2D eigenvalue weighted by Gasteiger charge is -2.31. The molecule has 0 bridgehead atoms. The molecule has 2 aliphatic rings. The topological polar surface area (TPSA) is 82.6 Å². The molecule has 8 nitrogen and oxygen atoms in total. The monoisotopic (exact) mass is 346 g/mol. The normalized spacial score (nSPS) is 26.9. The number of amides is 1. The van der Waals surface area contributed by atoms with Gasteiger partial charge >= 0.3 is 0 Å². The van der Waals surface area contributed by atoms with Crippen LogP contribution in [0.4, 0.5) is 0 Å². The maximum atomic E-state index is 12.8. The Hall–Kier alpha value is -2.19. The van der Waals surface area contributed by atoms with Crippen molar-refractivity contribution in [3.05, 3.63) is 36.0 Å². The predicted molar refractivity (Wildman–Crippen MR) is 87.0 cm³/mol. The molecule has 8 heteroatoms. The molecule has 2 fully saturated rings. The number of hydrogen-bond acceptors (Lipinski definition) is 6. The van der Waals surface area contributed by atoms with Gasteiger partial charge in [-0.2, -0.15) is 5.10 Å². The van der Waals surface area contributed by atoms with Crippen molar-refractivity contribution in [2.75, 3.05) is 26.3 Å². The van der Waals surface area contributed by atoms with Crippen LogP contribution in [0.5, 0.6) is 0 Å². The molecular weight excluding hydrogens is 324 g/mol. The molecule has 2 unspecified atom stereocenters. The second-order valence-corrected chi connectivity index (χ2v) is 6.76. The van der Waals surface area contributed by atoms with Gasteiger partial charge in [-0.25, -0.2) is 0 Å². The molecule has 0 N–H and O–H groups in total. The molecule has 0 radical (unpaired) electrons. The Morgan fingerprint density at radius 2 is 2.40 bits per heavy atom. The zero-order valence-electron chi connectivity index (χ0n) is 14.3. The Morgan fingerprint density at radius 3 is 3.16 bits per heavy atom. The van der Waals surface area contributed by atoms with Crippen molar-refractivity contribution < 1.29 is 18.8 Å². The summed E-state index contributed by atoms with van der Waals surface area (Å²) in [4.78, 5) is 14.6. The maximum Gasteiger partial charge on any atom is 0.259 e. The number of rotatable bonds is 3. The third-order valence-electron chi connectivity index (χ3n) is 4.91. The smallest absolute Gasteiger partial charge is 0.259 e. The van der Waals surface area contributed by atoms with E-state index in [-0.39, 0.29) is 12.0 Å². The number of aromatic nitrogens is 3. The van der Waals surface area contributed by atoms with Crippen molar-refractivity contribution >= 4 is 5.91 Å². The Balaban J connectivity index is 1.46. The maximum absolute atomic E-state index is 12.8. The highest BCUT2D eigenvalue weighted by atomic mass is 16.6. The highest BCUT2D eigenvalue weighted by molar-refractivity contribution is 5.94. The molecule has 0 aliphatic carbocycles. The zero-order valence-corrected chi connectivity index (χ0v) is 14.3. The van der Waals surface area contributed by atoms with Crippen molar-refractivity contribution in [2.24, 2.45) is 0 Å². The van der Waals surface area contributed by atoms with E-state index in [1.807, 2.05) is 16.9 Å². The van der Waals surface area contributed by atoms with E-state index in [2.05, 4.69) is 10.3 Å². The highest BCUT2D eigenvalue weighted by Gasteiger charge is 2.44. The highest BCUT2D eigenvalue weighted by Crippen LogP contribution is 2.34. The molecule has 134 valence electrons. The van der Waals surface area contributed by atoms with Crippen LogP contribution in [0.3, 0.4) is 0 Å². The standard InChI is InChI=1S/C17H22N4O4/c1-13-15(9-19-25-13)16(22)20-7-8-23-12-17(11-20)4-3-14(24-17)10-21-6-2-5-18-21/h2,5-6,9,14H,3-4,7-8,10-12H2,1H3. The molecular formula is C17H22N4O4. The minimum Gasteiger partial charge on any atom is -0.377 e. The molecule has 2 saturated heterocycles. The van der Waals surface area contributed by atoms with E-state index in [1.165, 1.54) is 6.20 Å². The van der Waals surface area contributed by atoms with Gasteiger partial charge in [-0.05, 0) is 25.8 Å². The van der Waals surface area contributed by atoms with E-state index in [0.717, 1.165) is 12.8 Å². The van der Waals surface area contributed by atoms with E-state index in [4.69, 9.17) is 14.0 Å². The molecule has 1 spiro atoms. The molecule has 0 saturated carbocycles. The van der Waals surface area contributed by atoms with Crippen molar-refractivity contribution in [2.45, 2.75) is 38.0 Å². The van der Waals surface area contributed by atoms with E-state index in [1.54, 1.807) is 18.0 Å². The van der Waals surface area contributed by atoms with Crippen LogP contribution < -0.4 is 0 Å². The summed E-state index contributed by atoms with van der Waals surface area (Å²) in [6.45, 7) is 4.54. The summed E-state index contributed by atoms with van der Waals surface area (Å²) in [6, 6.07) is 1.90. The van der Waals surface area contributed by atoms with Gasteiger partial charge in [0.25, 0.3) is 5.91 Å². The van der Waals surface area contributed by atoms with Gasteiger partial charge in [0.2, 0.25) is 0 Å². The quantitative estimate of drug-likeness (QED) is 0.832. The first kappa shape index (κ1) is 16.3. The number of ether oxygens (including phenoxy) is 2. The first-order valence-electron chi connectivity index (χ1n) is 8.59. The second kappa shape index (κ2) is 6.61. The number of nitrogens with zero attached hydrogens (tertiary/aromatic N) is 4. The fourth-order valence-corrected chi connectivity index (χ4v) is 3.62. The minimum atomic E-state index is -0.449. The van der Waals surface area contributed by atoms with Crippen molar-refractivity contribution in [1.82, 2.24) is 19.8 Å². The first-order valence-corrected chi connectivity index (χ1v) is 8.59. The van der Waals surface area contributed by atoms with E-state index < -0.39 is 5.60 Å². The Bertz CT molecular complexity index is 729. The Labute approximate surface area is 145 Å². The largest absolute Gasteiger partial charge is 0.377 e. The van der Waals surface area contributed by atoms with Crippen LogP contribution in [0.15, 0.2) is 29.2 Å². The number of aryl methyl sites for hydroxylation is 1. The molecule has 25 heavy (non-hydrogen) atoms. The predicted octanol–water partition coefficient (Wildman–Crippen LogP) is 1.27. The summed E-state index contributed by atoms with van der Waals surface area (Å²) in [5.74, 6) is 0.455. The molecule has 0 aromatic carbocycles. The van der Waals surface area contributed by atoms with Crippen LogP contribution >= 0.6 is 0 Å². The molecule has 2 atom stereocenters. The molecule has 1 amide bonds. The van der Waals surface area contributed by atoms with Crippen LogP contribution in [0.1, 0.15) is 29.0 Å². The fraction of sp³-hybridized carbons (Fsp3) is 0.588. The van der Waals surface area contributed by atoms with Gasteiger partial charge in [0.1, 0.15) is 16.9 Å². The lowest BCUT2D eigenvalue weighted by molar-refractivity contribution is -0.0881. The Kier molecular flexibility index (Phi) is 4.30. The van der Waals surface area contributed by atoms with E-state index in [9.17, 15) is 4.79 Å². The third-order valence-corrected chi connectivity index (χ3v) is 4.91. The van der Waals surface area contributed by atoms with Gasteiger partial charge in [-0.15, -0.1) is 0 Å². The van der Waals surface area contributed by atoms with Crippen molar-refractivity contribution in [1.29, 1.82) is 0 Å². The van der Waals surface area contributed by atoms with Crippen molar-refractivity contribution in [3.63, 3.8) is 0 Å². The SMILES string of the molecule is Cc1oncc1C(=O)N1CCOCC2(CCC(Cn3cccn3)O2)C1. The average Bonchev–Trinajstić information content (AvgIpc) is 3.30. The van der Waals surface area contributed by atoms with E-state index in [0.29, 0.717) is 44.2 Å². The molecule has 2 aromatic rings. The van der Waals surface area contributed by atoms with Crippen LogP contribution in [-0.2, 0) is 16.0 Å². The Morgan fingerprint density at radius 1 is 1.48 bits per heavy atom. The fourth-order valence-electron chi connectivity index (χ4n) is 3.62. The second-order valence-electron chi connectivity index (χ2n) is 6.76. The number of carbonyl (C=O) groups excluding carboxylic acids is 1. The summed E-state index contributed by atoms with van der Waals surface area (Å²) < 4.78 is 19.0. The lowest BCUT2D eigenvalue weighted by Crippen LogP contribution is -2.47. The average molecular weight is 346 g/mol. The zero-order chi connectivity index (χ0) is 17.3. The first-order chi connectivity index (χ1) is 12.2. The third kappa shape index (κ3) is 3.32. The summed E-state index contributed by atoms with van der Waals surface area (Å²) in [7, 11) is 0. The molecule has 2 aliphatic heterocycles. The number of hydrogen-bond donors (Lipinski definition) is 0. The van der Waals surface area contributed by atoms with Crippen molar-refractivity contribution in [3.8, 4) is 0 Å². The molecule has 4 rings (SSSR count). The van der Waals surface area contributed by atoms with Crippen LogP contribution in [-0.4, -0.2) is 63.8 Å². The van der Waals surface area contributed by atoms with Crippen LogP contribution in [0.2, 0.25) is 0 Å². The summed E-state index contributed by atoms with van der Waals surface area (Å²) >= 11 is 0. The lowest BCUT2D eigenvalue weighted by atomic mass is 9.99. The number of carbonyl (C=O) groups is 1. The summed E-state index contributed by atoms with van der Waals surface area (Å²) in [5.41, 5.74) is 0.0535. The van der Waals surface area contributed by atoms with Gasteiger partial charge in [0.05, 0.1) is 38.6 Å². The van der Waals surface area contributed by atoms with E-state index >= 15 is 0 Å². The summed E-state index contributed by atoms with van der Waals surface area (Å²) in [6.07, 6.45) is 7.05. The van der Waals surface area contributed by atoms with Gasteiger partial charge in [0, 0.05) is 18.9 Å². The van der Waals surface area contributed by atoms with Gasteiger partial charge in [-0.3, -0.25) is 9.48 Å². The van der Waals surface area contributed by atoms with Gasteiger partial charge in [-0.1, -0.05) is 5.16 Å². The minimum absolute atomic E-state index is 0.0795. The van der Waals surface area contributed by atoms with Crippen LogP contribution in [0, 0.1) is 6.92 Å². The van der Waals surface area contributed by atoms with Gasteiger partial charge in [0.15, 0.2) is 0 Å². The van der Waals surface area contributed by atoms with Gasteiger partial charge < -0.3 is 18.9 Å². The van der Waals surface area contributed by atoms with Crippen LogP contribution in [0.25, 0.3) is 0 Å².